The van der Waals surface area contributed by atoms with E-state index in [4.69, 9.17) is 10.2 Å². The maximum Gasteiger partial charge on any atom is 0.523 e. The molecule has 4 N–H and O–H groups in total. The molecule has 0 aromatic rings. The lowest BCUT2D eigenvalue weighted by atomic mass is 9.96. The van der Waals surface area contributed by atoms with Gasteiger partial charge in [-0.25, -0.2) is 4.79 Å². The molecule has 0 unspecified atom stereocenters. The van der Waals surface area contributed by atoms with Crippen molar-refractivity contribution in [1.82, 2.24) is 0 Å². The fourth-order valence-electron chi connectivity index (χ4n) is 1.50. The number of rotatable bonds is 4. The number of carbonyl (C=O) groups is 1. The summed E-state index contributed by atoms with van der Waals surface area (Å²) in [5.74, 6) is -1.52. The summed E-state index contributed by atoms with van der Waals surface area (Å²) < 4.78 is 66.0. The third-order valence-corrected chi connectivity index (χ3v) is 3.65. The van der Waals surface area contributed by atoms with Gasteiger partial charge in [0.15, 0.2) is 12.2 Å². The van der Waals surface area contributed by atoms with Crippen molar-refractivity contribution in [3.63, 3.8) is 0 Å². The van der Waals surface area contributed by atoms with E-state index >= 15 is 0 Å². The first-order chi connectivity index (χ1) is 9.42. The molecule has 0 saturated carbocycles. The number of hydrogen-bond donors (Lipinski definition) is 4. The minimum absolute atomic E-state index is 1.38. The second-order valence-electron chi connectivity index (χ2n) is 4.04. The van der Waals surface area contributed by atoms with E-state index in [1.165, 1.54) is 0 Å². The molecule has 1 saturated heterocycles. The average molecular weight is 340 g/mol. The highest BCUT2D eigenvalue weighted by atomic mass is 32.2. The average Bonchev–Trinajstić information content (AvgIpc) is 2.36. The Morgan fingerprint density at radius 3 is 2.19 bits per heavy atom. The van der Waals surface area contributed by atoms with E-state index in [1.807, 2.05) is 0 Å². The number of cyclic esters (lactones) is 1. The highest BCUT2D eigenvalue weighted by Crippen LogP contribution is 2.28. The van der Waals surface area contributed by atoms with E-state index in [0.29, 0.717) is 0 Å². The highest BCUT2D eigenvalue weighted by Gasteiger charge is 2.53. The number of esters is 1. The molecule has 1 rings (SSSR count). The summed E-state index contributed by atoms with van der Waals surface area (Å²) >= 11 is 0. The molecule has 0 spiro atoms. The predicted octanol–water partition coefficient (Wildman–Crippen LogP) is -2.78. The molecule has 1 aliphatic rings. The van der Waals surface area contributed by atoms with Gasteiger partial charge in [0.25, 0.3) is 0 Å². The summed E-state index contributed by atoms with van der Waals surface area (Å²) in [5.41, 5.74) is -5.80. The second kappa shape index (κ2) is 6.02. The Morgan fingerprint density at radius 1 is 1.24 bits per heavy atom. The first kappa shape index (κ1) is 18.1. The molecule has 0 aliphatic carbocycles. The molecule has 124 valence electrons. The maximum absolute atomic E-state index is 12.2. The van der Waals surface area contributed by atoms with Crippen LogP contribution in [0.5, 0.6) is 0 Å². The number of alkyl halides is 3. The van der Waals surface area contributed by atoms with Gasteiger partial charge in [-0.05, 0) is 0 Å². The van der Waals surface area contributed by atoms with Crippen molar-refractivity contribution in [2.75, 3.05) is 6.61 Å². The molecule has 13 heteroatoms. The van der Waals surface area contributed by atoms with Gasteiger partial charge in [-0.2, -0.15) is 21.6 Å². The summed E-state index contributed by atoms with van der Waals surface area (Å²) in [6.07, 6.45) is -10.9. The summed E-state index contributed by atoms with van der Waals surface area (Å²) in [5, 5.41) is 36.7. The van der Waals surface area contributed by atoms with Gasteiger partial charge in [-0.3, -0.25) is 4.18 Å². The van der Waals surface area contributed by atoms with Crippen LogP contribution in [-0.2, 0) is 23.8 Å². The zero-order chi connectivity index (χ0) is 16.6. The van der Waals surface area contributed by atoms with Crippen LogP contribution in [0.15, 0.2) is 0 Å². The fourth-order valence-corrected chi connectivity index (χ4v) is 2.10. The van der Waals surface area contributed by atoms with Crippen LogP contribution in [0.1, 0.15) is 0 Å². The molecule has 21 heavy (non-hydrogen) atoms. The van der Waals surface area contributed by atoms with Gasteiger partial charge in [0.2, 0.25) is 0 Å². The Kier molecular flexibility index (Phi) is 5.18. The number of ether oxygens (including phenoxy) is 1. The molecule has 1 heterocycles. The van der Waals surface area contributed by atoms with E-state index in [1.54, 1.807) is 0 Å². The molecule has 1 aliphatic heterocycles. The zero-order valence-electron chi connectivity index (χ0n) is 9.97. The van der Waals surface area contributed by atoms with Gasteiger partial charge in [0.05, 0.1) is 6.61 Å². The van der Waals surface area contributed by atoms with Crippen LogP contribution < -0.4 is 0 Å². The standard InChI is InChI=1S/C8H11F3O9S/c9-8(10,11)21(17,18)20-2(1-12)6-4(14)3(13)5(15)7(16)19-6/h2-6,12-15H,1H2/t2-,3+,4-,5+,6-/m1/s1. The zero-order valence-corrected chi connectivity index (χ0v) is 10.8. The summed E-state index contributed by atoms with van der Waals surface area (Å²) in [7, 11) is -6.14. The number of aliphatic hydroxyl groups is 4. The normalized spacial score (nSPS) is 32.6. The molecule has 0 amide bonds. The monoisotopic (exact) mass is 340 g/mol. The summed E-state index contributed by atoms with van der Waals surface area (Å²) in [6.45, 7) is -1.38. The van der Waals surface area contributed by atoms with Crippen LogP contribution in [-0.4, -0.2) is 77.4 Å². The SMILES string of the molecule is O=C1O[C@H]([C@@H](CO)OS(=O)(=O)C(F)(F)F)[C@H](O)[C@H](O)[C@@H]1O. The molecule has 9 nitrogen and oxygen atoms in total. The fraction of sp³-hybridized carbons (Fsp3) is 0.875. The first-order valence-corrected chi connectivity index (χ1v) is 6.68. The van der Waals surface area contributed by atoms with Gasteiger partial charge in [-0.1, -0.05) is 0 Å². The van der Waals surface area contributed by atoms with Crippen molar-refractivity contribution in [2.24, 2.45) is 0 Å². The van der Waals surface area contributed by atoms with Crippen molar-refractivity contribution in [2.45, 2.75) is 36.0 Å². The third kappa shape index (κ3) is 3.61. The Balaban J connectivity index is 2.98. The van der Waals surface area contributed by atoms with E-state index in [2.05, 4.69) is 8.92 Å². The molecule has 5 atom stereocenters. The summed E-state index contributed by atoms with van der Waals surface area (Å²) in [6, 6.07) is 0. The van der Waals surface area contributed by atoms with Gasteiger partial charge in [0, 0.05) is 0 Å². The largest absolute Gasteiger partial charge is 0.523 e. The van der Waals surface area contributed by atoms with Crippen LogP contribution in [0.3, 0.4) is 0 Å². The Hall–Kier alpha value is -0.990. The van der Waals surface area contributed by atoms with Crippen LogP contribution >= 0.6 is 0 Å². The molecular formula is C8H11F3O9S. The minimum atomic E-state index is -6.14. The minimum Gasteiger partial charge on any atom is -0.455 e. The molecule has 0 aromatic carbocycles. The van der Waals surface area contributed by atoms with Crippen molar-refractivity contribution in [3.8, 4) is 0 Å². The quantitative estimate of drug-likeness (QED) is 0.242. The van der Waals surface area contributed by atoms with E-state index in [9.17, 15) is 36.6 Å². The topological polar surface area (TPSA) is 151 Å². The smallest absolute Gasteiger partial charge is 0.455 e. The van der Waals surface area contributed by atoms with E-state index < -0.39 is 58.7 Å². The Labute approximate surface area is 115 Å². The molecule has 0 aromatic heterocycles. The first-order valence-electron chi connectivity index (χ1n) is 5.27. The molecule has 0 radical (unpaired) electrons. The van der Waals surface area contributed by atoms with Crippen LogP contribution in [0, 0.1) is 0 Å². The van der Waals surface area contributed by atoms with Gasteiger partial charge >= 0.3 is 21.6 Å². The predicted molar refractivity (Wildman–Crippen MR) is 54.8 cm³/mol. The van der Waals surface area contributed by atoms with Gasteiger partial charge in [-0.15, -0.1) is 0 Å². The van der Waals surface area contributed by atoms with Gasteiger partial charge < -0.3 is 25.2 Å². The van der Waals surface area contributed by atoms with E-state index in [-0.39, 0.29) is 0 Å². The summed E-state index contributed by atoms with van der Waals surface area (Å²) in [4.78, 5) is 11.1. The van der Waals surface area contributed by atoms with Crippen LogP contribution in [0.2, 0.25) is 0 Å². The number of aliphatic hydroxyl groups excluding tert-OH is 4. The molecular weight excluding hydrogens is 329 g/mol. The second-order valence-corrected chi connectivity index (χ2v) is 5.61. The molecule has 0 bridgehead atoms. The maximum atomic E-state index is 12.2. The van der Waals surface area contributed by atoms with Crippen LogP contribution in [0.25, 0.3) is 0 Å². The van der Waals surface area contributed by atoms with Crippen LogP contribution in [0.4, 0.5) is 13.2 Å². The highest BCUT2D eigenvalue weighted by molar-refractivity contribution is 7.87. The lowest BCUT2D eigenvalue weighted by Gasteiger charge is -2.37. The third-order valence-electron chi connectivity index (χ3n) is 2.58. The van der Waals surface area contributed by atoms with Crippen molar-refractivity contribution in [1.29, 1.82) is 0 Å². The lowest BCUT2D eigenvalue weighted by Crippen LogP contribution is -2.60. The van der Waals surface area contributed by atoms with Crippen molar-refractivity contribution in [3.05, 3.63) is 0 Å². The molecule has 1 fully saturated rings. The number of halogens is 3. The van der Waals surface area contributed by atoms with Crippen molar-refractivity contribution >= 4 is 16.1 Å². The number of carbonyl (C=O) groups excluding carboxylic acids is 1. The Bertz CT molecular complexity index is 490. The Morgan fingerprint density at radius 2 is 1.76 bits per heavy atom. The lowest BCUT2D eigenvalue weighted by molar-refractivity contribution is -0.215. The van der Waals surface area contributed by atoms with Crippen molar-refractivity contribution < 1.29 is 55.7 Å². The van der Waals surface area contributed by atoms with Gasteiger partial charge in [0.1, 0.15) is 18.3 Å². The van der Waals surface area contributed by atoms with E-state index in [0.717, 1.165) is 0 Å². The number of hydrogen-bond acceptors (Lipinski definition) is 9.